The number of rotatable bonds is 4. The molecule has 2 heterocycles. The third kappa shape index (κ3) is 3.67. The number of hydrogen-bond acceptors (Lipinski definition) is 4. The summed E-state index contributed by atoms with van der Waals surface area (Å²) in [5.74, 6) is 0.521. The number of methoxy groups -OCH3 is 1. The first kappa shape index (κ1) is 18.0. The summed E-state index contributed by atoms with van der Waals surface area (Å²) in [6.45, 7) is 1.60. The van der Waals surface area contributed by atoms with Gasteiger partial charge in [-0.25, -0.2) is 4.98 Å². The number of benzene rings is 2. The van der Waals surface area contributed by atoms with Crippen molar-refractivity contribution >= 4 is 22.7 Å². The highest BCUT2D eigenvalue weighted by Crippen LogP contribution is 2.17. The van der Waals surface area contributed by atoms with Crippen molar-refractivity contribution < 1.29 is 14.3 Å². The van der Waals surface area contributed by atoms with E-state index in [1.165, 1.54) is 0 Å². The van der Waals surface area contributed by atoms with Crippen LogP contribution in [-0.4, -0.2) is 53.3 Å². The number of nitrogens with zero attached hydrogens (tertiary/aromatic N) is 3. The highest BCUT2D eigenvalue weighted by molar-refractivity contribution is 5.97. The van der Waals surface area contributed by atoms with Crippen LogP contribution in [0.15, 0.2) is 60.7 Å². The Kier molecular flexibility index (Phi) is 4.93. The van der Waals surface area contributed by atoms with Gasteiger partial charge in [-0.2, -0.15) is 0 Å². The molecule has 0 spiro atoms. The fraction of sp³-hybridized carbons (Fsp3) is 0.227. The molecule has 6 nitrogen and oxygen atoms in total. The molecule has 0 bridgehead atoms. The molecule has 2 aromatic carbocycles. The molecule has 1 aliphatic heterocycles. The molecule has 4 rings (SSSR count). The molecule has 1 fully saturated rings. The molecule has 0 N–H and O–H groups in total. The summed E-state index contributed by atoms with van der Waals surface area (Å²) in [4.78, 5) is 33.2. The van der Waals surface area contributed by atoms with E-state index < -0.39 is 0 Å². The van der Waals surface area contributed by atoms with E-state index in [4.69, 9.17) is 4.74 Å². The van der Waals surface area contributed by atoms with Crippen molar-refractivity contribution in [3.05, 3.63) is 71.9 Å². The lowest BCUT2D eigenvalue weighted by atomic mass is 10.1. The van der Waals surface area contributed by atoms with Gasteiger partial charge in [0.2, 0.25) is 5.91 Å². The SMILES string of the molecule is COc1ccc(CN2CCN(C(=O)c3ccc4ccccc4n3)CC2=O)cc1. The van der Waals surface area contributed by atoms with Crippen molar-refractivity contribution in [3.8, 4) is 5.75 Å². The molecule has 6 heteroatoms. The van der Waals surface area contributed by atoms with E-state index in [-0.39, 0.29) is 18.4 Å². The number of aromatic nitrogens is 1. The number of carbonyl (C=O) groups excluding carboxylic acids is 2. The molecule has 0 unspecified atom stereocenters. The lowest BCUT2D eigenvalue weighted by molar-refractivity contribution is -0.135. The molecule has 1 saturated heterocycles. The Balaban J connectivity index is 1.42. The van der Waals surface area contributed by atoms with Crippen molar-refractivity contribution in [1.29, 1.82) is 0 Å². The standard InChI is InChI=1S/C22H21N3O3/c1-28-18-9-6-16(7-10-18)14-24-12-13-25(15-21(24)26)22(27)20-11-8-17-4-2-3-5-19(17)23-20/h2-11H,12-15H2,1H3. The minimum Gasteiger partial charge on any atom is -0.497 e. The summed E-state index contributed by atoms with van der Waals surface area (Å²) in [6.07, 6.45) is 0. The number of fused-ring (bicyclic) bond motifs is 1. The Hall–Kier alpha value is -3.41. The van der Waals surface area contributed by atoms with Crippen LogP contribution in [0.1, 0.15) is 16.1 Å². The molecule has 0 radical (unpaired) electrons. The number of pyridine rings is 1. The third-order valence-electron chi connectivity index (χ3n) is 4.96. The summed E-state index contributed by atoms with van der Waals surface area (Å²) >= 11 is 0. The first-order valence-corrected chi connectivity index (χ1v) is 9.20. The van der Waals surface area contributed by atoms with Gasteiger partial charge in [0.05, 0.1) is 12.6 Å². The minimum atomic E-state index is -0.205. The van der Waals surface area contributed by atoms with Crippen LogP contribution in [0, 0.1) is 0 Å². The zero-order chi connectivity index (χ0) is 19.5. The number of ether oxygens (including phenoxy) is 1. The summed E-state index contributed by atoms with van der Waals surface area (Å²) in [5, 5.41) is 0.986. The highest BCUT2D eigenvalue weighted by Gasteiger charge is 2.28. The van der Waals surface area contributed by atoms with Gasteiger partial charge in [-0.1, -0.05) is 36.4 Å². The number of hydrogen-bond donors (Lipinski definition) is 0. The van der Waals surface area contributed by atoms with Gasteiger partial charge < -0.3 is 14.5 Å². The molecule has 28 heavy (non-hydrogen) atoms. The Morgan fingerprint density at radius 3 is 2.57 bits per heavy atom. The summed E-state index contributed by atoms with van der Waals surface area (Å²) < 4.78 is 5.16. The molecule has 2 amide bonds. The number of amides is 2. The Morgan fingerprint density at radius 1 is 1.04 bits per heavy atom. The summed E-state index contributed by atoms with van der Waals surface area (Å²) in [7, 11) is 1.62. The molecule has 0 atom stereocenters. The maximum absolute atomic E-state index is 12.8. The van der Waals surface area contributed by atoms with Crippen LogP contribution in [0.5, 0.6) is 5.75 Å². The van der Waals surface area contributed by atoms with Gasteiger partial charge in [0.25, 0.3) is 5.91 Å². The van der Waals surface area contributed by atoms with Gasteiger partial charge in [0.1, 0.15) is 18.0 Å². The molecule has 3 aromatic rings. The lowest BCUT2D eigenvalue weighted by Crippen LogP contribution is -2.51. The maximum atomic E-state index is 12.8. The van der Waals surface area contributed by atoms with E-state index in [0.717, 1.165) is 22.2 Å². The normalized spacial score (nSPS) is 14.4. The zero-order valence-electron chi connectivity index (χ0n) is 15.7. The van der Waals surface area contributed by atoms with Gasteiger partial charge in [-0.05, 0) is 29.8 Å². The molecule has 142 valence electrons. The fourth-order valence-corrected chi connectivity index (χ4v) is 3.35. The summed E-state index contributed by atoms with van der Waals surface area (Å²) in [5.41, 5.74) is 2.18. The second-order valence-electron chi connectivity index (χ2n) is 6.78. The smallest absolute Gasteiger partial charge is 0.273 e. The average Bonchev–Trinajstić information content (AvgIpc) is 2.75. The highest BCUT2D eigenvalue weighted by atomic mass is 16.5. The monoisotopic (exact) mass is 375 g/mol. The zero-order valence-corrected chi connectivity index (χ0v) is 15.7. The van der Waals surface area contributed by atoms with Gasteiger partial charge in [-0.15, -0.1) is 0 Å². The van der Waals surface area contributed by atoms with Gasteiger partial charge in [0.15, 0.2) is 0 Å². The quantitative estimate of drug-likeness (QED) is 0.703. The Bertz CT molecular complexity index is 1020. The van der Waals surface area contributed by atoms with E-state index in [1.54, 1.807) is 23.0 Å². The Labute approximate surface area is 163 Å². The molecule has 1 aliphatic rings. The van der Waals surface area contributed by atoms with E-state index in [0.29, 0.717) is 25.3 Å². The second-order valence-corrected chi connectivity index (χ2v) is 6.78. The number of para-hydroxylation sites is 1. The fourth-order valence-electron chi connectivity index (χ4n) is 3.35. The van der Waals surface area contributed by atoms with Crippen LogP contribution < -0.4 is 4.74 Å². The van der Waals surface area contributed by atoms with Crippen molar-refractivity contribution in [1.82, 2.24) is 14.8 Å². The summed E-state index contributed by atoms with van der Waals surface area (Å²) in [6, 6.07) is 18.9. The predicted octanol–water partition coefficient (Wildman–Crippen LogP) is 2.73. The van der Waals surface area contributed by atoms with Crippen LogP contribution in [-0.2, 0) is 11.3 Å². The van der Waals surface area contributed by atoms with Crippen LogP contribution in [0.25, 0.3) is 10.9 Å². The molecule has 0 saturated carbocycles. The first-order valence-electron chi connectivity index (χ1n) is 9.20. The maximum Gasteiger partial charge on any atom is 0.273 e. The largest absolute Gasteiger partial charge is 0.497 e. The van der Waals surface area contributed by atoms with Crippen LogP contribution >= 0.6 is 0 Å². The van der Waals surface area contributed by atoms with Gasteiger partial charge >= 0.3 is 0 Å². The number of piperazine rings is 1. The van der Waals surface area contributed by atoms with E-state index in [2.05, 4.69) is 4.98 Å². The van der Waals surface area contributed by atoms with Crippen LogP contribution in [0.4, 0.5) is 0 Å². The molecule has 1 aromatic heterocycles. The van der Waals surface area contributed by atoms with E-state index in [9.17, 15) is 9.59 Å². The van der Waals surface area contributed by atoms with E-state index in [1.807, 2.05) is 54.6 Å². The topological polar surface area (TPSA) is 62.7 Å². The van der Waals surface area contributed by atoms with Gasteiger partial charge in [0, 0.05) is 25.0 Å². The minimum absolute atomic E-state index is 0.0591. The van der Waals surface area contributed by atoms with Crippen molar-refractivity contribution in [2.45, 2.75) is 6.54 Å². The molecule has 0 aliphatic carbocycles. The van der Waals surface area contributed by atoms with E-state index >= 15 is 0 Å². The predicted molar refractivity (Wildman–Crippen MR) is 106 cm³/mol. The van der Waals surface area contributed by atoms with Crippen LogP contribution in [0.3, 0.4) is 0 Å². The van der Waals surface area contributed by atoms with Gasteiger partial charge in [-0.3, -0.25) is 9.59 Å². The molecular formula is C22H21N3O3. The van der Waals surface area contributed by atoms with Crippen LogP contribution in [0.2, 0.25) is 0 Å². The van der Waals surface area contributed by atoms with Crippen molar-refractivity contribution in [2.24, 2.45) is 0 Å². The van der Waals surface area contributed by atoms with Crippen molar-refractivity contribution in [2.75, 3.05) is 26.7 Å². The third-order valence-corrected chi connectivity index (χ3v) is 4.96. The Morgan fingerprint density at radius 2 is 1.82 bits per heavy atom. The first-order chi connectivity index (χ1) is 13.6. The van der Waals surface area contributed by atoms with Crippen molar-refractivity contribution in [3.63, 3.8) is 0 Å². The number of carbonyl (C=O) groups is 2. The average molecular weight is 375 g/mol. The molecular weight excluding hydrogens is 354 g/mol. The second kappa shape index (κ2) is 7.68. The lowest BCUT2D eigenvalue weighted by Gasteiger charge is -2.34.